The van der Waals surface area contributed by atoms with E-state index in [1.54, 1.807) is 7.11 Å². The van der Waals surface area contributed by atoms with Crippen LogP contribution in [0.2, 0.25) is 0 Å². The highest BCUT2D eigenvalue weighted by atomic mass is 16.5. The van der Waals surface area contributed by atoms with Crippen molar-refractivity contribution in [3.8, 4) is 16.9 Å². The predicted molar refractivity (Wildman–Crippen MR) is 67.9 cm³/mol. The number of methoxy groups -OCH3 is 1. The first-order valence-electron chi connectivity index (χ1n) is 5.42. The van der Waals surface area contributed by atoms with Crippen LogP contribution in [0.4, 0.5) is 0 Å². The fourth-order valence-electron chi connectivity index (χ4n) is 1.88. The molecule has 16 heavy (non-hydrogen) atoms. The molecule has 0 spiro atoms. The minimum absolute atomic E-state index is 0.941. The van der Waals surface area contributed by atoms with Gasteiger partial charge in [-0.05, 0) is 42.7 Å². The summed E-state index contributed by atoms with van der Waals surface area (Å²) in [5, 5.41) is 0. The van der Waals surface area contributed by atoms with Crippen molar-refractivity contribution in [2.24, 2.45) is 0 Å². The Morgan fingerprint density at radius 1 is 0.875 bits per heavy atom. The van der Waals surface area contributed by atoms with Crippen LogP contribution in [0.1, 0.15) is 11.1 Å². The molecule has 0 amide bonds. The van der Waals surface area contributed by atoms with E-state index < -0.39 is 0 Å². The first kappa shape index (κ1) is 10.7. The lowest BCUT2D eigenvalue weighted by Crippen LogP contribution is -1.87. The van der Waals surface area contributed by atoms with Crippen molar-refractivity contribution in [3.63, 3.8) is 0 Å². The number of rotatable bonds is 2. The molecule has 1 heteroatoms. The lowest BCUT2D eigenvalue weighted by molar-refractivity contribution is 0.412. The van der Waals surface area contributed by atoms with Crippen molar-refractivity contribution in [2.75, 3.05) is 7.11 Å². The highest BCUT2D eigenvalue weighted by Gasteiger charge is 2.02. The van der Waals surface area contributed by atoms with Gasteiger partial charge in [-0.2, -0.15) is 0 Å². The Hall–Kier alpha value is -1.76. The first-order valence-corrected chi connectivity index (χ1v) is 5.42. The van der Waals surface area contributed by atoms with Gasteiger partial charge < -0.3 is 4.74 Å². The van der Waals surface area contributed by atoms with E-state index in [2.05, 4.69) is 50.2 Å². The van der Waals surface area contributed by atoms with Crippen molar-refractivity contribution in [2.45, 2.75) is 13.8 Å². The summed E-state index contributed by atoms with van der Waals surface area (Å²) >= 11 is 0. The van der Waals surface area contributed by atoms with Gasteiger partial charge in [-0.3, -0.25) is 0 Å². The average Bonchev–Trinajstić information content (AvgIpc) is 2.29. The topological polar surface area (TPSA) is 9.23 Å². The first-order chi connectivity index (χ1) is 7.70. The number of benzene rings is 2. The summed E-state index contributed by atoms with van der Waals surface area (Å²) in [5.74, 6) is 0.941. The van der Waals surface area contributed by atoms with Crippen molar-refractivity contribution in [1.82, 2.24) is 0 Å². The van der Waals surface area contributed by atoms with Crippen LogP contribution in [-0.2, 0) is 0 Å². The highest BCUT2D eigenvalue weighted by Crippen LogP contribution is 2.26. The molecule has 1 nitrogen and oxygen atoms in total. The van der Waals surface area contributed by atoms with Crippen molar-refractivity contribution in [1.29, 1.82) is 0 Å². The maximum atomic E-state index is 5.26. The van der Waals surface area contributed by atoms with Gasteiger partial charge in [0.05, 0.1) is 7.11 Å². The summed E-state index contributed by atoms with van der Waals surface area (Å²) in [5.41, 5.74) is 4.94. The molecule has 0 radical (unpaired) electrons. The van der Waals surface area contributed by atoms with E-state index in [1.807, 2.05) is 6.07 Å². The van der Waals surface area contributed by atoms with Gasteiger partial charge in [-0.25, -0.2) is 0 Å². The molecule has 0 saturated carbocycles. The predicted octanol–water partition coefficient (Wildman–Crippen LogP) is 3.98. The normalized spacial score (nSPS) is 10.2. The smallest absolute Gasteiger partial charge is 0.121 e. The molecule has 0 aliphatic heterocycles. The third-order valence-corrected chi connectivity index (χ3v) is 2.75. The fraction of sp³-hybridized carbons (Fsp3) is 0.200. The van der Waals surface area contributed by atoms with Crippen LogP contribution in [0.25, 0.3) is 11.1 Å². The third-order valence-electron chi connectivity index (χ3n) is 2.75. The van der Waals surface area contributed by atoms with Crippen molar-refractivity contribution >= 4 is 0 Å². The van der Waals surface area contributed by atoms with E-state index in [1.165, 1.54) is 22.3 Å². The molecule has 0 unspecified atom stereocenters. The van der Waals surface area contributed by atoms with Crippen molar-refractivity contribution < 1.29 is 4.74 Å². The fourth-order valence-corrected chi connectivity index (χ4v) is 1.88. The Kier molecular flexibility index (Phi) is 2.95. The lowest BCUT2D eigenvalue weighted by atomic mass is 10.0. The minimum Gasteiger partial charge on any atom is -0.496 e. The Balaban J connectivity index is 2.45. The van der Waals surface area contributed by atoms with E-state index in [4.69, 9.17) is 4.74 Å². The molecule has 0 aliphatic carbocycles. The molecular formula is C15H16O. The zero-order valence-electron chi connectivity index (χ0n) is 9.95. The van der Waals surface area contributed by atoms with E-state index >= 15 is 0 Å². The molecule has 2 aromatic rings. The molecule has 0 N–H and O–H groups in total. The van der Waals surface area contributed by atoms with Crippen LogP contribution >= 0.6 is 0 Å². The third kappa shape index (κ3) is 2.08. The van der Waals surface area contributed by atoms with Gasteiger partial charge in [0, 0.05) is 0 Å². The Bertz CT molecular complexity index is 501. The van der Waals surface area contributed by atoms with E-state index in [0.29, 0.717) is 0 Å². The molecule has 82 valence electrons. The average molecular weight is 212 g/mol. The SMILES string of the molecule is COc1ccc(-c2cccc(C)c2)cc1C. The largest absolute Gasteiger partial charge is 0.496 e. The summed E-state index contributed by atoms with van der Waals surface area (Å²) in [6, 6.07) is 14.8. The molecule has 0 aromatic heterocycles. The van der Waals surface area contributed by atoms with Crippen LogP contribution in [0, 0.1) is 13.8 Å². The Labute approximate surface area is 96.7 Å². The quantitative estimate of drug-likeness (QED) is 0.731. The Morgan fingerprint density at radius 2 is 1.62 bits per heavy atom. The summed E-state index contributed by atoms with van der Waals surface area (Å²) in [7, 11) is 1.70. The maximum absolute atomic E-state index is 5.26. The van der Waals surface area contributed by atoms with Crippen LogP contribution < -0.4 is 4.74 Å². The van der Waals surface area contributed by atoms with Crippen molar-refractivity contribution in [3.05, 3.63) is 53.6 Å². The molecule has 2 aromatic carbocycles. The van der Waals surface area contributed by atoms with Crippen LogP contribution in [0.3, 0.4) is 0 Å². The summed E-state index contributed by atoms with van der Waals surface area (Å²) in [6.07, 6.45) is 0. The second-order valence-electron chi connectivity index (χ2n) is 4.05. The second kappa shape index (κ2) is 4.40. The molecule has 2 rings (SSSR count). The van der Waals surface area contributed by atoms with Gasteiger partial charge in [-0.15, -0.1) is 0 Å². The van der Waals surface area contributed by atoms with Gasteiger partial charge in [0.25, 0.3) is 0 Å². The zero-order valence-corrected chi connectivity index (χ0v) is 9.95. The molecule has 0 bridgehead atoms. The van der Waals surface area contributed by atoms with Gasteiger partial charge in [-0.1, -0.05) is 35.9 Å². The second-order valence-corrected chi connectivity index (χ2v) is 4.05. The number of hydrogen-bond acceptors (Lipinski definition) is 1. The minimum atomic E-state index is 0.941. The molecule has 0 aliphatic rings. The van der Waals surface area contributed by atoms with Gasteiger partial charge in [0.15, 0.2) is 0 Å². The number of hydrogen-bond donors (Lipinski definition) is 0. The molecule has 0 saturated heterocycles. The molecule has 0 heterocycles. The molecular weight excluding hydrogens is 196 g/mol. The Morgan fingerprint density at radius 3 is 2.25 bits per heavy atom. The van der Waals surface area contributed by atoms with Gasteiger partial charge in [0.2, 0.25) is 0 Å². The van der Waals surface area contributed by atoms with Crippen LogP contribution in [-0.4, -0.2) is 7.11 Å². The maximum Gasteiger partial charge on any atom is 0.121 e. The van der Waals surface area contributed by atoms with Crippen LogP contribution in [0.5, 0.6) is 5.75 Å². The summed E-state index contributed by atoms with van der Waals surface area (Å²) < 4.78 is 5.26. The summed E-state index contributed by atoms with van der Waals surface area (Å²) in [4.78, 5) is 0. The molecule has 0 atom stereocenters. The van der Waals surface area contributed by atoms with Gasteiger partial charge >= 0.3 is 0 Å². The summed E-state index contributed by atoms with van der Waals surface area (Å²) in [6.45, 7) is 4.18. The van der Waals surface area contributed by atoms with E-state index in [-0.39, 0.29) is 0 Å². The monoisotopic (exact) mass is 212 g/mol. The number of ether oxygens (including phenoxy) is 1. The van der Waals surface area contributed by atoms with E-state index in [0.717, 1.165) is 5.75 Å². The molecule has 0 fully saturated rings. The van der Waals surface area contributed by atoms with E-state index in [9.17, 15) is 0 Å². The van der Waals surface area contributed by atoms with Crippen LogP contribution in [0.15, 0.2) is 42.5 Å². The lowest BCUT2D eigenvalue weighted by Gasteiger charge is -2.08. The standard InChI is InChI=1S/C15H16O/c1-11-5-4-6-13(9-11)14-7-8-15(16-3)12(2)10-14/h4-10H,1-3H3. The zero-order chi connectivity index (χ0) is 11.5. The van der Waals surface area contributed by atoms with Gasteiger partial charge in [0.1, 0.15) is 5.75 Å². The highest BCUT2D eigenvalue weighted by molar-refractivity contribution is 5.66. The number of aryl methyl sites for hydroxylation is 2.